The van der Waals surface area contributed by atoms with Crippen LogP contribution in [0.25, 0.3) is 0 Å². The number of halogens is 1. The zero-order valence-corrected chi connectivity index (χ0v) is 19.2. The fraction of sp³-hybridized carbons (Fsp3) is 0.609. The Bertz CT molecular complexity index is 920. The number of piperidine rings is 1. The number of carbonyl (C=O) groups is 1. The molecule has 2 fully saturated rings. The van der Waals surface area contributed by atoms with Gasteiger partial charge >= 0.3 is 6.09 Å². The molecular weight excluding hydrogens is 418 g/mol. The van der Waals surface area contributed by atoms with Gasteiger partial charge in [0, 0.05) is 25.2 Å². The average molecular weight is 448 g/mol. The van der Waals surface area contributed by atoms with Gasteiger partial charge in [-0.2, -0.15) is 0 Å². The van der Waals surface area contributed by atoms with Crippen molar-refractivity contribution in [3.8, 4) is 5.88 Å². The second-order valence-corrected chi connectivity index (χ2v) is 9.77. The maximum Gasteiger partial charge on any atom is 0.410 e. The fourth-order valence-electron chi connectivity index (χ4n) is 3.83. The van der Waals surface area contributed by atoms with Crippen molar-refractivity contribution in [3.63, 3.8) is 0 Å². The highest BCUT2D eigenvalue weighted by Gasteiger charge is 2.31. The number of pyridine rings is 1. The fourth-order valence-corrected chi connectivity index (χ4v) is 4.06. The zero-order valence-electron chi connectivity index (χ0n) is 18.4. The molecule has 1 aliphatic carbocycles. The minimum Gasteiger partial charge on any atom is -0.467 e. The Morgan fingerprint density at radius 3 is 2.74 bits per heavy atom. The van der Waals surface area contributed by atoms with Gasteiger partial charge in [-0.1, -0.05) is 11.6 Å². The molecule has 0 radical (unpaired) electrons. The van der Waals surface area contributed by atoms with Crippen LogP contribution < -0.4 is 4.74 Å². The van der Waals surface area contributed by atoms with Gasteiger partial charge in [0.2, 0.25) is 11.8 Å². The van der Waals surface area contributed by atoms with Crippen molar-refractivity contribution in [2.24, 2.45) is 0 Å². The molecular formula is C23H30ClN3O4. The minimum absolute atomic E-state index is 0.0383. The van der Waals surface area contributed by atoms with Crippen LogP contribution in [0, 0.1) is 0 Å². The molecule has 31 heavy (non-hydrogen) atoms. The molecule has 1 amide bonds. The van der Waals surface area contributed by atoms with Crippen LogP contribution in [0.15, 0.2) is 22.9 Å². The molecule has 2 aliphatic rings. The predicted octanol–water partition coefficient (Wildman–Crippen LogP) is 5.51. The lowest BCUT2D eigenvalue weighted by atomic mass is 9.99. The van der Waals surface area contributed by atoms with Crippen molar-refractivity contribution in [2.75, 3.05) is 6.54 Å². The number of rotatable bonds is 6. The smallest absolute Gasteiger partial charge is 0.410 e. The molecule has 1 saturated carbocycles. The van der Waals surface area contributed by atoms with Crippen LogP contribution in [0.2, 0.25) is 5.02 Å². The molecule has 0 spiro atoms. The molecule has 0 aromatic carbocycles. The van der Waals surface area contributed by atoms with Gasteiger partial charge in [-0.25, -0.2) is 14.8 Å². The van der Waals surface area contributed by atoms with Gasteiger partial charge in [-0.3, -0.25) is 0 Å². The Morgan fingerprint density at radius 1 is 1.23 bits per heavy atom. The number of likely N-dealkylation sites (tertiary alicyclic amines) is 1. The molecule has 0 bridgehead atoms. The molecule has 3 heterocycles. The number of hydrogen-bond acceptors (Lipinski definition) is 6. The summed E-state index contributed by atoms with van der Waals surface area (Å²) in [6.45, 7) is 6.49. The summed E-state index contributed by atoms with van der Waals surface area (Å²) in [6.07, 6.45) is 9.23. The van der Waals surface area contributed by atoms with E-state index in [1.54, 1.807) is 6.20 Å². The zero-order chi connectivity index (χ0) is 22.0. The summed E-state index contributed by atoms with van der Waals surface area (Å²) in [7, 11) is 0. The molecule has 2 aromatic rings. The van der Waals surface area contributed by atoms with Gasteiger partial charge in [0.15, 0.2) is 6.61 Å². The van der Waals surface area contributed by atoms with Crippen molar-refractivity contribution in [1.82, 2.24) is 14.9 Å². The van der Waals surface area contributed by atoms with Gasteiger partial charge in [-0.15, -0.1) is 0 Å². The number of amides is 1. The van der Waals surface area contributed by atoms with Crippen LogP contribution >= 0.6 is 11.6 Å². The van der Waals surface area contributed by atoms with E-state index < -0.39 is 5.60 Å². The van der Waals surface area contributed by atoms with E-state index in [4.69, 9.17) is 25.5 Å². The lowest BCUT2D eigenvalue weighted by molar-refractivity contribution is 0.00939. The van der Waals surface area contributed by atoms with Gasteiger partial charge in [-0.05, 0) is 70.4 Å². The summed E-state index contributed by atoms with van der Waals surface area (Å²) in [5.41, 5.74) is 0.653. The van der Waals surface area contributed by atoms with Crippen molar-refractivity contribution < 1.29 is 18.7 Å². The van der Waals surface area contributed by atoms with E-state index in [1.807, 2.05) is 37.9 Å². The first-order valence-corrected chi connectivity index (χ1v) is 11.4. The number of hydrogen-bond donors (Lipinski definition) is 0. The van der Waals surface area contributed by atoms with Crippen LogP contribution in [0.3, 0.4) is 0 Å². The maximum atomic E-state index is 12.6. The molecule has 1 unspecified atom stereocenters. The molecule has 2 aromatic heterocycles. The van der Waals surface area contributed by atoms with E-state index in [0.29, 0.717) is 35.7 Å². The third-order valence-electron chi connectivity index (χ3n) is 5.50. The largest absolute Gasteiger partial charge is 0.467 e. The topological polar surface area (TPSA) is 77.7 Å². The van der Waals surface area contributed by atoms with Crippen molar-refractivity contribution in [1.29, 1.82) is 0 Å². The van der Waals surface area contributed by atoms with Gasteiger partial charge in [0.1, 0.15) is 16.4 Å². The number of ether oxygens (including phenoxy) is 2. The first kappa shape index (κ1) is 21.9. The third-order valence-corrected chi connectivity index (χ3v) is 5.77. The number of carbonyl (C=O) groups excluding carboxylic acids is 1. The standard InChI is InChI=1S/C23H30ClN3O4/c1-23(2,3)31-22(28)27-9-5-4-6-17(27)11-18-13-25-20(30-18)14-29-21-19(24)10-16(12-26-21)15-7-8-15/h10,12-13,15,17H,4-9,11,14H2,1-3H3. The van der Waals surface area contributed by atoms with Gasteiger partial charge < -0.3 is 18.8 Å². The molecule has 1 aliphatic heterocycles. The Kier molecular flexibility index (Phi) is 6.42. The SMILES string of the molecule is CC(C)(C)OC(=O)N1CCCCC1Cc1cnc(COc2ncc(C3CC3)cc2Cl)o1. The summed E-state index contributed by atoms with van der Waals surface area (Å²) in [5.74, 6) is 2.16. The van der Waals surface area contributed by atoms with E-state index in [0.717, 1.165) is 30.6 Å². The monoisotopic (exact) mass is 447 g/mol. The second kappa shape index (κ2) is 9.07. The molecule has 8 heteroatoms. The summed E-state index contributed by atoms with van der Waals surface area (Å²) >= 11 is 6.31. The number of oxazole rings is 1. The molecule has 0 N–H and O–H groups in total. The number of nitrogens with zero attached hydrogens (tertiary/aromatic N) is 3. The van der Waals surface area contributed by atoms with Crippen LogP contribution in [0.4, 0.5) is 4.79 Å². The van der Waals surface area contributed by atoms with Crippen molar-refractivity contribution >= 4 is 17.7 Å². The third kappa shape index (κ3) is 5.91. The quantitative estimate of drug-likeness (QED) is 0.580. The Morgan fingerprint density at radius 2 is 2.03 bits per heavy atom. The van der Waals surface area contributed by atoms with Crippen LogP contribution in [0.1, 0.15) is 76.0 Å². The van der Waals surface area contributed by atoms with Crippen molar-refractivity contribution in [3.05, 3.63) is 40.7 Å². The minimum atomic E-state index is -0.512. The summed E-state index contributed by atoms with van der Waals surface area (Å²) in [5, 5.41) is 0.506. The van der Waals surface area contributed by atoms with E-state index in [2.05, 4.69) is 9.97 Å². The Labute approximate surface area is 188 Å². The van der Waals surface area contributed by atoms with E-state index >= 15 is 0 Å². The highest BCUT2D eigenvalue weighted by molar-refractivity contribution is 6.31. The summed E-state index contributed by atoms with van der Waals surface area (Å²) < 4.78 is 17.2. The van der Waals surface area contributed by atoms with Gasteiger partial charge in [0.25, 0.3) is 0 Å². The predicted molar refractivity (Wildman–Crippen MR) is 116 cm³/mol. The van der Waals surface area contributed by atoms with Crippen LogP contribution in [-0.4, -0.2) is 39.1 Å². The van der Waals surface area contributed by atoms with Crippen molar-refractivity contribution in [2.45, 2.75) is 83.5 Å². The Balaban J connectivity index is 1.34. The number of aromatic nitrogens is 2. The van der Waals surface area contributed by atoms with Crippen LogP contribution in [0.5, 0.6) is 5.88 Å². The average Bonchev–Trinajstić information content (AvgIpc) is 3.46. The maximum absolute atomic E-state index is 12.6. The van der Waals surface area contributed by atoms with E-state index in [-0.39, 0.29) is 18.7 Å². The lowest BCUT2D eigenvalue weighted by Crippen LogP contribution is -2.47. The first-order valence-electron chi connectivity index (χ1n) is 11.0. The molecule has 168 valence electrons. The van der Waals surface area contributed by atoms with E-state index in [9.17, 15) is 4.79 Å². The van der Waals surface area contributed by atoms with E-state index in [1.165, 1.54) is 12.8 Å². The highest BCUT2D eigenvalue weighted by atomic mass is 35.5. The van der Waals surface area contributed by atoms with Gasteiger partial charge in [0.05, 0.1) is 6.20 Å². The Hall–Kier alpha value is -2.28. The van der Waals surface area contributed by atoms with Crippen LogP contribution in [-0.2, 0) is 17.8 Å². The summed E-state index contributed by atoms with van der Waals surface area (Å²) in [4.78, 5) is 23.1. The lowest BCUT2D eigenvalue weighted by Gasteiger charge is -2.36. The second-order valence-electron chi connectivity index (χ2n) is 9.37. The summed E-state index contributed by atoms with van der Waals surface area (Å²) in [6, 6.07) is 1.97. The molecule has 1 atom stereocenters. The molecule has 7 nitrogen and oxygen atoms in total. The highest BCUT2D eigenvalue weighted by Crippen LogP contribution is 2.41. The molecule has 4 rings (SSSR count). The first-order chi connectivity index (χ1) is 14.8. The molecule has 1 saturated heterocycles. The normalized spacial score (nSPS) is 19.4.